The fraction of sp³-hybridized carbons (Fsp3) is 0.435. The molecule has 1 N–H and O–H groups in total. The minimum absolute atomic E-state index is 0.0345. The normalized spacial score (nSPS) is 17.4. The highest BCUT2D eigenvalue weighted by molar-refractivity contribution is 5.94. The zero-order valence-corrected chi connectivity index (χ0v) is 16.8. The molecule has 2 aromatic rings. The number of likely N-dealkylation sites (tertiary alicyclic amines) is 1. The minimum Gasteiger partial charge on any atom is -0.497 e. The Labute approximate surface area is 167 Å². The van der Waals surface area contributed by atoms with Crippen molar-refractivity contribution >= 4 is 11.6 Å². The van der Waals surface area contributed by atoms with Crippen LogP contribution in [0.2, 0.25) is 0 Å². The number of rotatable bonds is 6. The lowest BCUT2D eigenvalue weighted by molar-refractivity contribution is 0.0938. The van der Waals surface area contributed by atoms with Crippen LogP contribution in [-0.2, 0) is 6.42 Å². The van der Waals surface area contributed by atoms with Crippen LogP contribution in [0.4, 0.5) is 5.69 Å². The van der Waals surface area contributed by atoms with Gasteiger partial charge in [0.1, 0.15) is 5.75 Å². The third-order valence-corrected chi connectivity index (χ3v) is 6.01. The summed E-state index contributed by atoms with van der Waals surface area (Å²) in [6.07, 6.45) is 3.57. The van der Waals surface area contributed by atoms with Gasteiger partial charge in [0.25, 0.3) is 5.91 Å². The molecule has 5 heteroatoms. The number of methoxy groups -OCH3 is 1. The van der Waals surface area contributed by atoms with E-state index in [1.54, 1.807) is 7.11 Å². The van der Waals surface area contributed by atoms with E-state index in [2.05, 4.69) is 40.4 Å². The van der Waals surface area contributed by atoms with E-state index in [1.807, 2.05) is 24.3 Å². The van der Waals surface area contributed by atoms with Gasteiger partial charge in [-0.15, -0.1) is 0 Å². The molecule has 0 unspecified atom stereocenters. The van der Waals surface area contributed by atoms with Crippen molar-refractivity contribution < 1.29 is 9.53 Å². The van der Waals surface area contributed by atoms with Crippen LogP contribution in [0, 0.1) is 0 Å². The average molecular weight is 380 g/mol. The molecule has 0 aromatic heterocycles. The number of fused-ring (bicyclic) bond motifs is 1. The number of nitrogens with one attached hydrogen (secondary N) is 1. The maximum Gasteiger partial charge on any atom is 0.251 e. The van der Waals surface area contributed by atoms with Gasteiger partial charge in [0.2, 0.25) is 0 Å². The number of carbonyl (C=O) groups is 1. The predicted octanol–water partition coefficient (Wildman–Crippen LogP) is 3.25. The largest absolute Gasteiger partial charge is 0.497 e. The second-order valence-electron chi connectivity index (χ2n) is 7.76. The smallest absolute Gasteiger partial charge is 0.251 e. The van der Waals surface area contributed by atoms with E-state index in [9.17, 15) is 4.79 Å². The van der Waals surface area contributed by atoms with Gasteiger partial charge < -0.3 is 15.0 Å². The first kappa shape index (κ1) is 18.8. The summed E-state index contributed by atoms with van der Waals surface area (Å²) in [6, 6.07) is 14.3. The number of ether oxygens (including phenoxy) is 1. The highest BCUT2D eigenvalue weighted by Crippen LogP contribution is 2.32. The number of nitrogens with zero attached hydrogens (tertiary/aromatic N) is 2. The van der Waals surface area contributed by atoms with Crippen molar-refractivity contribution in [3.05, 3.63) is 59.2 Å². The highest BCUT2D eigenvalue weighted by atomic mass is 16.5. The van der Waals surface area contributed by atoms with Crippen molar-refractivity contribution in [1.29, 1.82) is 0 Å². The van der Waals surface area contributed by atoms with Gasteiger partial charge in [0.15, 0.2) is 0 Å². The van der Waals surface area contributed by atoms with E-state index in [-0.39, 0.29) is 11.9 Å². The zero-order valence-electron chi connectivity index (χ0n) is 16.8. The predicted molar refractivity (Wildman–Crippen MR) is 112 cm³/mol. The Hall–Kier alpha value is -2.53. The summed E-state index contributed by atoms with van der Waals surface area (Å²) in [5, 5.41) is 3.16. The molecule has 1 atom stereocenters. The van der Waals surface area contributed by atoms with Crippen molar-refractivity contribution in [2.75, 3.05) is 45.2 Å². The van der Waals surface area contributed by atoms with Crippen LogP contribution in [0.5, 0.6) is 5.75 Å². The van der Waals surface area contributed by atoms with Crippen molar-refractivity contribution in [2.45, 2.75) is 25.3 Å². The molecule has 1 fully saturated rings. The Kier molecular flexibility index (Phi) is 5.53. The number of hydrogen-bond acceptors (Lipinski definition) is 4. The van der Waals surface area contributed by atoms with Crippen LogP contribution in [-0.4, -0.2) is 51.1 Å². The molecule has 2 aliphatic rings. The number of benzene rings is 2. The van der Waals surface area contributed by atoms with Gasteiger partial charge >= 0.3 is 0 Å². The number of amides is 1. The van der Waals surface area contributed by atoms with Gasteiger partial charge in [-0.3, -0.25) is 9.69 Å². The molecule has 1 amide bonds. The second kappa shape index (κ2) is 8.23. The first-order valence-electron chi connectivity index (χ1n) is 10.2. The van der Waals surface area contributed by atoms with Crippen LogP contribution in [0.3, 0.4) is 0 Å². The topological polar surface area (TPSA) is 44.8 Å². The lowest BCUT2D eigenvalue weighted by Crippen LogP contribution is -2.36. The molecule has 5 nitrogen and oxygen atoms in total. The summed E-state index contributed by atoms with van der Waals surface area (Å²) < 4.78 is 5.17. The summed E-state index contributed by atoms with van der Waals surface area (Å²) in [4.78, 5) is 17.5. The lowest BCUT2D eigenvalue weighted by atomic mass is 10.0. The Morgan fingerprint density at radius 3 is 2.57 bits per heavy atom. The molecular formula is C23H29N3O2. The molecular weight excluding hydrogens is 350 g/mol. The fourth-order valence-corrected chi connectivity index (χ4v) is 4.34. The van der Waals surface area contributed by atoms with E-state index >= 15 is 0 Å². The molecule has 28 heavy (non-hydrogen) atoms. The number of likely N-dealkylation sites (N-methyl/N-ethyl adjacent to an activating group) is 1. The molecule has 0 aliphatic carbocycles. The van der Waals surface area contributed by atoms with Gasteiger partial charge in [-0.05, 0) is 73.8 Å². The van der Waals surface area contributed by atoms with Crippen molar-refractivity contribution in [3.8, 4) is 5.75 Å². The van der Waals surface area contributed by atoms with Crippen LogP contribution in [0.25, 0.3) is 0 Å². The van der Waals surface area contributed by atoms with Gasteiger partial charge in [-0.1, -0.05) is 12.1 Å². The summed E-state index contributed by atoms with van der Waals surface area (Å²) >= 11 is 0. The maximum absolute atomic E-state index is 12.6. The van der Waals surface area contributed by atoms with Gasteiger partial charge in [0, 0.05) is 31.4 Å². The zero-order chi connectivity index (χ0) is 19.5. The lowest BCUT2D eigenvalue weighted by Gasteiger charge is -2.29. The molecule has 0 bridgehead atoms. The van der Waals surface area contributed by atoms with Crippen molar-refractivity contribution in [2.24, 2.45) is 0 Å². The maximum atomic E-state index is 12.6. The van der Waals surface area contributed by atoms with Gasteiger partial charge in [0.05, 0.1) is 13.2 Å². The quantitative estimate of drug-likeness (QED) is 0.837. The molecule has 148 valence electrons. The molecule has 1 saturated heterocycles. The first-order valence-corrected chi connectivity index (χ1v) is 10.2. The number of hydrogen-bond donors (Lipinski definition) is 1. The highest BCUT2D eigenvalue weighted by Gasteiger charge is 2.26. The molecule has 0 saturated carbocycles. The van der Waals surface area contributed by atoms with Crippen LogP contribution < -0.4 is 15.0 Å². The minimum atomic E-state index is -0.0345. The van der Waals surface area contributed by atoms with Crippen LogP contribution in [0.15, 0.2) is 42.5 Å². The first-order chi connectivity index (χ1) is 13.7. The summed E-state index contributed by atoms with van der Waals surface area (Å²) in [5.41, 5.74) is 4.74. The number of carbonyl (C=O) groups excluding carboxylic acids is 1. The van der Waals surface area contributed by atoms with Gasteiger partial charge in [-0.2, -0.15) is 0 Å². The molecule has 2 aromatic carbocycles. The fourth-order valence-electron chi connectivity index (χ4n) is 4.34. The van der Waals surface area contributed by atoms with Crippen LogP contribution >= 0.6 is 0 Å². The van der Waals surface area contributed by atoms with E-state index in [0.29, 0.717) is 12.1 Å². The number of anilines is 1. The third kappa shape index (κ3) is 3.85. The van der Waals surface area contributed by atoms with Crippen LogP contribution in [0.1, 0.15) is 40.4 Å². The third-order valence-electron chi connectivity index (χ3n) is 6.01. The van der Waals surface area contributed by atoms with E-state index in [1.165, 1.54) is 29.7 Å². The monoisotopic (exact) mass is 379 g/mol. The Morgan fingerprint density at radius 2 is 1.86 bits per heavy atom. The van der Waals surface area contributed by atoms with E-state index in [4.69, 9.17) is 4.74 Å². The second-order valence-corrected chi connectivity index (χ2v) is 7.76. The van der Waals surface area contributed by atoms with Crippen molar-refractivity contribution in [3.63, 3.8) is 0 Å². The standard InChI is InChI=1S/C23H29N3O2/c1-25-14-11-19-15-18(7-10-21(19)25)22(26-12-3-4-13-26)16-24-23(27)17-5-8-20(28-2)9-6-17/h5-10,15,22H,3-4,11-14,16H2,1-2H3,(H,24,27)/t22-/m1/s1. The molecule has 4 rings (SSSR count). The SMILES string of the molecule is COc1ccc(C(=O)NC[C@H](c2ccc3c(c2)CCN3C)N2CCCC2)cc1. The molecule has 2 heterocycles. The van der Waals surface area contributed by atoms with E-state index < -0.39 is 0 Å². The Balaban J connectivity index is 1.49. The Morgan fingerprint density at radius 1 is 1.11 bits per heavy atom. The van der Waals surface area contributed by atoms with Gasteiger partial charge in [-0.25, -0.2) is 0 Å². The van der Waals surface area contributed by atoms with Crippen molar-refractivity contribution in [1.82, 2.24) is 10.2 Å². The average Bonchev–Trinajstić information content (AvgIpc) is 3.38. The summed E-state index contributed by atoms with van der Waals surface area (Å²) in [5.74, 6) is 0.724. The Bertz CT molecular complexity index is 828. The molecule has 0 spiro atoms. The van der Waals surface area contributed by atoms with E-state index in [0.717, 1.165) is 31.8 Å². The molecule has 2 aliphatic heterocycles. The summed E-state index contributed by atoms with van der Waals surface area (Å²) in [7, 11) is 3.78. The summed E-state index contributed by atoms with van der Waals surface area (Å²) in [6.45, 7) is 3.90. The molecule has 0 radical (unpaired) electrons.